The molecule has 1 N–H and O–H groups in total. The van der Waals surface area contributed by atoms with Gasteiger partial charge in [0, 0.05) is 11.0 Å². The van der Waals surface area contributed by atoms with Gasteiger partial charge in [-0.05, 0) is 7.05 Å². The van der Waals surface area contributed by atoms with Crippen LogP contribution in [0.5, 0.6) is 0 Å². The van der Waals surface area contributed by atoms with Crippen molar-refractivity contribution < 1.29 is 42.6 Å². The molecule has 0 aliphatic heterocycles. The van der Waals surface area contributed by atoms with Crippen LogP contribution < -0.4 is 5.32 Å². The van der Waals surface area contributed by atoms with Gasteiger partial charge in [-0.2, -0.15) is 0 Å². The minimum Gasteiger partial charge on any atom is -0.378 e. The summed E-state index contributed by atoms with van der Waals surface area (Å²) in [5, 5.41) is 3.02. The summed E-state index contributed by atoms with van der Waals surface area (Å²) >= 11 is 2.28. The number of halogens is 1. The third-order valence-corrected chi connectivity index (χ3v) is 4.13. The maximum atomic E-state index is 5.44. The van der Waals surface area contributed by atoms with E-state index in [2.05, 4.69) is 27.9 Å². The Labute approximate surface area is 207 Å². The molecule has 0 atom stereocenters. The fraction of sp³-hybridized carbons (Fsp3) is 1.00. The molecule has 10 nitrogen and oxygen atoms in total. The van der Waals surface area contributed by atoms with Gasteiger partial charge in [-0.1, -0.05) is 22.6 Å². The minimum atomic E-state index is 0.537. The molecule has 32 heavy (non-hydrogen) atoms. The number of likely N-dealkylation sites (N-methyl/N-ethyl adjacent to an activating group) is 1. The zero-order valence-corrected chi connectivity index (χ0v) is 21.9. The Hall–Kier alpha value is 0.330. The molecule has 0 spiro atoms. The van der Waals surface area contributed by atoms with E-state index in [0.717, 1.165) is 17.6 Å². The Morgan fingerprint density at radius 1 is 0.375 bits per heavy atom. The molecule has 0 amide bonds. The average molecular weight is 581 g/mol. The van der Waals surface area contributed by atoms with Crippen molar-refractivity contribution in [1.29, 1.82) is 0 Å². The highest BCUT2D eigenvalue weighted by Crippen LogP contribution is 1.87. The highest BCUT2D eigenvalue weighted by Gasteiger charge is 1.95. The second-order valence-corrected chi connectivity index (χ2v) is 7.38. The Bertz CT molecular complexity index is 304. The third-order valence-electron chi connectivity index (χ3n) is 3.69. The maximum Gasteiger partial charge on any atom is 0.0701 e. The second kappa shape index (κ2) is 31.3. The Morgan fingerprint density at radius 2 is 0.594 bits per heavy atom. The lowest BCUT2D eigenvalue weighted by molar-refractivity contribution is -0.0246. The summed E-state index contributed by atoms with van der Waals surface area (Å²) in [6, 6.07) is 0. The van der Waals surface area contributed by atoms with E-state index in [0.29, 0.717) is 112 Å². The number of nitrogens with one attached hydrogen (secondary N) is 1. The van der Waals surface area contributed by atoms with Crippen LogP contribution in [0, 0.1) is 0 Å². The zero-order valence-electron chi connectivity index (χ0n) is 19.7. The van der Waals surface area contributed by atoms with E-state index in [4.69, 9.17) is 42.6 Å². The standard InChI is InChI=1S/C21H44INO9/c1-23-3-5-25-7-9-27-11-13-29-15-17-31-19-21-32-20-18-30-16-14-28-12-10-26-8-6-24-4-2-22/h23H,2-21H2,1H3. The van der Waals surface area contributed by atoms with Crippen molar-refractivity contribution in [3.63, 3.8) is 0 Å². The molecule has 0 aromatic heterocycles. The van der Waals surface area contributed by atoms with Gasteiger partial charge in [-0.15, -0.1) is 0 Å². The first-order chi connectivity index (χ1) is 15.9. The molecule has 0 unspecified atom stereocenters. The van der Waals surface area contributed by atoms with Gasteiger partial charge in [0.1, 0.15) is 0 Å². The van der Waals surface area contributed by atoms with Crippen LogP contribution in [0.25, 0.3) is 0 Å². The summed E-state index contributed by atoms with van der Waals surface area (Å²) in [5.74, 6) is 0. The lowest BCUT2D eigenvalue weighted by Crippen LogP contribution is -2.17. The molecule has 0 bridgehead atoms. The second-order valence-electron chi connectivity index (χ2n) is 6.30. The molecule has 0 aliphatic rings. The third kappa shape index (κ3) is 30.3. The lowest BCUT2D eigenvalue weighted by atomic mass is 10.6. The van der Waals surface area contributed by atoms with E-state index in [-0.39, 0.29) is 0 Å². The molecule has 0 radical (unpaired) electrons. The SMILES string of the molecule is CNCCOCCOCCOCCOCCOCCOCCOCCOCCOCCI. The van der Waals surface area contributed by atoms with Crippen LogP contribution in [0.1, 0.15) is 0 Å². The summed E-state index contributed by atoms with van der Waals surface area (Å²) in [6.45, 7) is 11.3. The summed E-state index contributed by atoms with van der Waals surface area (Å²) < 4.78 is 49.6. The van der Waals surface area contributed by atoms with Crippen LogP contribution in [0.2, 0.25) is 0 Å². The van der Waals surface area contributed by atoms with Gasteiger partial charge in [-0.3, -0.25) is 0 Å². The topological polar surface area (TPSA) is 95.1 Å². The fourth-order valence-corrected chi connectivity index (χ4v) is 2.40. The summed E-state index contributed by atoms with van der Waals surface area (Å²) in [7, 11) is 1.90. The van der Waals surface area contributed by atoms with Crippen molar-refractivity contribution in [2.24, 2.45) is 0 Å². The van der Waals surface area contributed by atoms with Gasteiger partial charge in [0.25, 0.3) is 0 Å². The number of hydrogen-bond acceptors (Lipinski definition) is 10. The molecule has 0 aromatic rings. The van der Waals surface area contributed by atoms with Crippen LogP contribution >= 0.6 is 22.6 Å². The first-order valence-electron chi connectivity index (χ1n) is 11.3. The molecule has 0 aromatic carbocycles. The summed E-state index contributed by atoms with van der Waals surface area (Å²) in [5.41, 5.74) is 0. The highest BCUT2D eigenvalue weighted by molar-refractivity contribution is 14.1. The van der Waals surface area contributed by atoms with Crippen LogP contribution in [-0.2, 0) is 42.6 Å². The van der Waals surface area contributed by atoms with Crippen LogP contribution in [0.3, 0.4) is 0 Å². The minimum absolute atomic E-state index is 0.537. The van der Waals surface area contributed by atoms with E-state index in [1.807, 2.05) is 7.05 Å². The first-order valence-corrected chi connectivity index (χ1v) is 12.8. The molecule has 11 heteroatoms. The summed E-state index contributed by atoms with van der Waals surface area (Å²) in [6.07, 6.45) is 0. The first kappa shape index (κ1) is 32.3. The van der Waals surface area contributed by atoms with Gasteiger partial charge < -0.3 is 47.9 Å². The Morgan fingerprint density at radius 3 is 0.812 bits per heavy atom. The van der Waals surface area contributed by atoms with Crippen molar-refractivity contribution in [2.45, 2.75) is 0 Å². The number of alkyl halides is 1. The molecule has 0 aliphatic carbocycles. The lowest BCUT2D eigenvalue weighted by Gasteiger charge is -2.08. The highest BCUT2D eigenvalue weighted by atomic mass is 127. The quantitative estimate of drug-likeness (QED) is 0.0777. The van der Waals surface area contributed by atoms with E-state index >= 15 is 0 Å². The van der Waals surface area contributed by atoms with Gasteiger partial charge in [0.05, 0.1) is 119 Å². The van der Waals surface area contributed by atoms with E-state index in [1.165, 1.54) is 0 Å². The molecular formula is C21H44INO9. The maximum absolute atomic E-state index is 5.44. The zero-order chi connectivity index (χ0) is 23.2. The van der Waals surface area contributed by atoms with Crippen molar-refractivity contribution in [3.8, 4) is 0 Å². The largest absolute Gasteiger partial charge is 0.378 e. The van der Waals surface area contributed by atoms with Crippen molar-refractivity contribution in [2.75, 3.05) is 137 Å². The molecule has 0 heterocycles. The van der Waals surface area contributed by atoms with Crippen molar-refractivity contribution in [3.05, 3.63) is 0 Å². The van der Waals surface area contributed by atoms with E-state index in [9.17, 15) is 0 Å². The molecule has 0 saturated carbocycles. The van der Waals surface area contributed by atoms with E-state index in [1.54, 1.807) is 0 Å². The predicted octanol–water partition coefficient (Wildman–Crippen LogP) is 0.790. The smallest absolute Gasteiger partial charge is 0.0701 e. The van der Waals surface area contributed by atoms with Crippen LogP contribution in [-0.4, -0.2) is 137 Å². The molecule has 0 saturated heterocycles. The summed E-state index contributed by atoms with van der Waals surface area (Å²) in [4.78, 5) is 0. The van der Waals surface area contributed by atoms with Crippen molar-refractivity contribution >= 4 is 22.6 Å². The van der Waals surface area contributed by atoms with Crippen LogP contribution in [0.15, 0.2) is 0 Å². The predicted molar refractivity (Wildman–Crippen MR) is 130 cm³/mol. The van der Waals surface area contributed by atoms with Crippen LogP contribution in [0.4, 0.5) is 0 Å². The van der Waals surface area contributed by atoms with E-state index < -0.39 is 0 Å². The number of hydrogen-bond donors (Lipinski definition) is 1. The van der Waals surface area contributed by atoms with Gasteiger partial charge in [0.2, 0.25) is 0 Å². The van der Waals surface area contributed by atoms with Gasteiger partial charge >= 0.3 is 0 Å². The van der Waals surface area contributed by atoms with Crippen molar-refractivity contribution in [1.82, 2.24) is 5.32 Å². The molecular weight excluding hydrogens is 537 g/mol. The monoisotopic (exact) mass is 581 g/mol. The van der Waals surface area contributed by atoms with Gasteiger partial charge in [-0.25, -0.2) is 0 Å². The average Bonchev–Trinajstić information content (AvgIpc) is 2.81. The number of ether oxygens (including phenoxy) is 9. The Balaban J connectivity index is 2.98. The Kier molecular flexibility index (Phi) is 31.7. The molecule has 0 fully saturated rings. The molecule has 194 valence electrons. The molecule has 0 rings (SSSR count). The fourth-order valence-electron chi connectivity index (χ4n) is 2.09. The van der Waals surface area contributed by atoms with Gasteiger partial charge in [0.15, 0.2) is 0 Å². The normalized spacial score (nSPS) is 11.4. The number of rotatable bonds is 29.